The normalized spacial score (nSPS) is 22.0. The number of nitriles is 1. The molecule has 9 rings (SSSR count). The van der Waals surface area contributed by atoms with Crippen molar-refractivity contribution < 1.29 is 47.9 Å². The minimum Gasteiger partial charge on any atom is -0.507 e. The zero-order valence-electron chi connectivity index (χ0n) is 38.1. The Morgan fingerprint density at radius 2 is 1.68 bits per heavy atom. The van der Waals surface area contributed by atoms with Crippen LogP contribution in [0.3, 0.4) is 0 Å². The first-order valence-corrected chi connectivity index (χ1v) is 23.2. The van der Waals surface area contributed by atoms with E-state index in [0.717, 1.165) is 16.7 Å². The number of methoxy groups -OCH3 is 2. The summed E-state index contributed by atoms with van der Waals surface area (Å²) >= 11 is 1.55. The summed E-state index contributed by atoms with van der Waals surface area (Å²) in [5.74, 6) is 2.37. The minimum atomic E-state index is -1.08. The lowest BCUT2D eigenvalue weighted by atomic mass is 9.71. The third-order valence-corrected chi connectivity index (χ3v) is 14.6. The molecule has 4 aliphatic heterocycles. The number of rotatable bonds is 12. The number of benzene rings is 4. The maximum absolute atomic E-state index is 14.6. The molecular formula is C50H56N4O10S. The first-order valence-electron chi connectivity index (χ1n) is 22.0. The van der Waals surface area contributed by atoms with Gasteiger partial charge in [0.15, 0.2) is 29.8 Å². The van der Waals surface area contributed by atoms with Gasteiger partial charge in [0, 0.05) is 58.9 Å². The van der Waals surface area contributed by atoms with Crippen LogP contribution in [0, 0.1) is 25.2 Å². The standard InChI is InChI=1S/C50H56N4O10S/c1-26-17-28-18-36-38(20-51)54-37(42(53(36)6)40(28)46(44(26)59-8)61-24-58-7)19-33-41(47-45(62-25-63-47)27(2)43(33)55)39(54)21-60-48(56)35(52-49(57)64-50(3,4)5)23-65-22-34-31-15-11-9-13-29(31)30-14-10-12-16-32(30)34/h9-17,34-39,42,55H,18-19,21-25H2,1-8H3,(H,52,57)/t35-,36-,37?,38+,39+,42-/m1/s1. The number of piperazine rings is 1. The molecule has 2 bridgehead atoms. The van der Waals surface area contributed by atoms with E-state index in [1.807, 2.05) is 38.2 Å². The molecule has 0 aromatic heterocycles. The Kier molecular flexibility index (Phi) is 12.1. The molecule has 14 nitrogen and oxygen atoms in total. The number of ether oxygens (including phenoxy) is 7. The number of hydrogen-bond donors (Lipinski definition) is 2. The zero-order chi connectivity index (χ0) is 45.9. The number of carbonyl (C=O) groups excluding carboxylic acids is 2. The molecule has 15 heteroatoms. The third kappa shape index (κ3) is 7.77. The predicted octanol–water partition coefficient (Wildman–Crippen LogP) is 7.48. The lowest BCUT2D eigenvalue weighted by Crippen LogP contribution is -2.68. The number of amides is 1. The van der Waals surface area contributed by atoms with E-state index in [9.17, 15) is 20.0 Å². The summed E-state index contributed by atoms with van der Waals surface area (Å²) < 4.78 is 41.8. The van der Waals surface area contributed by atoms with Gasteiger partial charge in [-0.2, -0.15) is 17.0 Å². The zero-order valence-corrected chi connectivity index (χ0v) is 38.9. The number of hydrogen-bond acceptors (Lipinski definition) is 14. The fraction of sp³-hybridized carbons (Fsp3) is 0.460. The minimum absolute atomic E-state index is 0.00971. The van der Waals surface area contributed by atoms with E-state index in [-0.39, 0.29) is 49.7 Å². The van der Waals surface area contributed by atoms with E-state index in [2.05, 4.69) is 51.5 Å². The van der Waals surface area contributed by atoms with Crippen molar-refractivity contribution in [3.8, 4) is 45.9 Å². The Morgan fingerprint density at radius 3 is 2.34 bits per heavy atom. The lowest BCUT2D eigenvalue weighted by Gasteiger charge is -2.59. The van der Waals surface area contributed by atoms with Gasteiger partial charge in [-0.3, -0.25) is 9.80 Å². The molecule has 0 saturated carbocycles. The topological polar surface area (TPSA) is 161 Å². The van der Waals surface area contributed by atoms with Gasteiger partial charge in [0.1, 0.15) is 30.0 Å². The molecule has 6 atom stereocenters. The second-order valence-corrected chi connectivity index (χ2v) is 19.5. The summed E-state index contributed by atoms with van der Waals surface area (Å²) in [6.07, 6.45) is 0.120. The van der Waals surface area contributed by atoms with Crippen molar-refractivity contribution >= 4 is 23.8 Å². The highest BCUT2D eigenvalue weighted by atomic mass is 32.2. The highest BCUT2D eigenvalue weighted by Gasteiger charge is 2.57. The average molecular weight is 905 g/mol. The van der Waals surface area contributed by atoms with Gasteiger partial charge in [-0.05, 0) is 87.9 Å². The molecule has 65 heavy (non-hydrogen) atoms. The number of likely N-dealkylation sites (N-methyl/N-ethyl adjacent to an activating group) is 1. The summed E-state index contributed by atoms with van der Waals surface area (Å²) in [7, 11) is 5.20. The number of phenols is 1. The fourth-order valence-electron chi connectivity index (χ4n) is 10.9. The highest BCUT2D eigenvalue weighted by molar-refractivity contribution is 7.99. The maximum Gasteiger partial charge on any atom is 0.408 e. The van der Waals surface area contributed by atoms with Gasteiger partial charge in [-0.25, -0.2) is 9.59 Å². The van der Waals surface area contributed by atoms with Crippen molar-refractivity contribution in [3.05, 3.63) is 99.1 Å². The second kappa shape index (κ2) is 17.6. The molecular weight excluding hydrogens is 849 g/mol. The van der Waals surface area contributed by atoms with Gasteiger partial charge in [0.05, 0.1) is 25.3 Å². The number of aryl methyl sites for hydroxylation is 1. The van der Waals surface area contributed by atoms with Gasteiger partial charge >= 0.3 is 12.1 Å². The van der Waals surface area contributed by atoms with Crippen LogP contribution in [0.5, 0.6) is 28.7 Å². The number of phenolic OH excluding ortho intramolecular Hbond substituents is 1. The molecule has 0 radical (unpaired) electrons. The van der Waals surface area contributed by atoms with Crippen LogP contribution >= 0.6 is 11.8 Å². The molecule has 342 valence electrons. The Balaban J connectivity index is 1.07. The molecule has 1 unspecified atom stereocenters. The van der Waals surface area contributed by atoms with E-state index in [1.54, 1.807) is 53.7 Å². The van der Waals surface area contributed by atoms with Crippen molar-refractivity contribution in [3.63, 3.8) is 0 Å². The molecule has 4 aromatic rings. The number of esters is 1. The molecule has 1 aliphatic carbocycles. The monoisotopic (exact) mass is 904 g/mol. The number of nitrogens with zero attached hydrogens (tertiary/aromatic N) is 3. The van der Waals surface area contributed by atoms with E-state index in [1.165, 1.54) is 22.3 Å². The quantitative estimate of drug-likeness (QED) is 0.106. The van der Waals surface area contributed by atoms with Crippen LogP contribution in [-0.4, -0.2) is 110 Å². The molecule has 4 aromatic carbocycles. The van der Waals surface area contributed by atoms with Crippen LogP contribution in [-0.2, 0) is 31.8 Å². The second-order valence-electron chi connectivity index (χ2n) is 18.4. The van der Waals surface area contributed by atoms with Crippen LogP contribution < -0.4 is 24.3 Å². The first kappa shape index (κ1) is 44.5. The smallest absolute Gasteiger partial charge is 0.408 e. The first-order chi connectivity index (χ1) is 31.3. The summed E-state index contributed by atoms with van der Waals surface area (Å²) in [5, 5.41) is 26.0. The van der Waals surface area contributed by atoms with Crippen LogP contribution in [0.2, 0.25) is 0 Å². The Labute approximate surface area is 384 Å². The van der Waals surface area contributed by atoms with Crippen molar-refractivity contribution in [2.45, 2.75) is 95.2 Å². The third-order valence-electron chi connectivity index (χ3n) is 13.5. The predicted molar refractivity (Wildman–Crippen MR) is 244 cm³/mol. The lowest BCUT2D eigenvalue weighted by molar-refractivity contribution is -0.151. The number of fused-ring (bicyclic) bond motifs is 12. The molecule has 1 fully saturated rings. The molecule has 0 spiro atoms. The molecule has 5 aliphatic rings. The Hall–Kier alpha value is -5.66. The van der Waals surface area contributed by atoms with Gasteiger partial charge in [-0.15, -0.1) is 0 Å². The highest BCUT2D eigenvalue weighted by Crippen LogP contribution is 2.58. The van der Waals surface area contributed by atoms with E-state index >= 15 is 0 Å². The summed E-state index contributed by atoms with van der Waals surface area (Å²) in [6, 6.07) is 17.9. The summed E-state index contributed by atoms with van der Waals surface area (Å²) in [5.41, 5.74) is 8.66. The van der Waals surface area contributed by atoms with Crippen molar-refractivity contribution in [1.82, 2.24) is 15.1 Å². The van der Waals surface area contributed by atoms with Gasteiger partial charge in [-0.1, -0.05) is 54.6 Å². The van der Waals surface area contributed by atoms with Crippen molar-refractivity contribution in [2.24, 2.45) is 0 Å². The van der Waals surface area contributed by atoms with Crippen LogP contribution in [0.25, 0.3) is 11.1 Å². The number of carbonyl (C=O) groups is 2. The van der Waals surface area contributed by atoms with E-state index in [0.29, 0.717) is 58.3 Å². The van der Waals surface area contributed by atoms with Crippen molar-refractivity contribution in [1.29, 1.82) is 5.26 Å². The largest absolute Gasteiger partial charge is 0.507 e. The Morgan fingerprint density at radius 1 is 0.985 bits per heavy atom. The van der Waals surface area contributed by atoms with Crippen LogP contribution in [0.1, 0.15) is 83.3 Å². The fourth-order valence-corrected chi connectivity index (χ4v) is 12.1. The van der Waals surface area contributed by atoms with Crippen LogP contribution in [0.4, 0.5) is 4.79 Å². The molecule has 2 N–H and O–H groups in total. The Bertz CT molecular complexity index is 2530. The SMILES string of the molecule is COCOc1c(OC)c(C)cc2c1[C@H]1C3Cc4c(O)c(C)c5c(c4[C@H](COC(=O)[C@@H](CSCC4c6ccccc6-c6ccccc64)NC(=O)OC(C)(C)C)N3[C@@H](C#N)[C@@H](C2)N1C)OCO5. The molecule has 4 heterocycles. The van der Waals surface area contributed by atoms with Gasteiger partial charge in [0.2, 0.25) is 6.79 Å². The van der Waals surface area contributed by atoms with Crippen LogP contribution in [0.15, 0.2) is 54.6 Å². The maximum atomic E-state index is 14.6. The van der Waals surface area contributed by atoms with Gasteiger partial charge in [0.25, 0.3) is 0 Å². The molecule has 1 amide bonds. The van der Waals surface area contributed by atoms with E-state index in [4.69, 9.17) is 33.2 Å². The number of aromatic hydroxyl groups is 1. The summed E-state index contributed by atoms with van der Waals surface area (Å²) in [6.45, 7) is 8.77. The number of alkyl carbamates (subject to hydrolysis) is 1. The number of thioether (sulfide) groups is 1. The molecule has 1 saturated heterocycles. The summed E-state index contributed by atoms with van der Waals surface area (Å²) in [4.78, 5) is 32.3. The van der Waals surface area contributed by atoms with Crippen molar-refractivity contribution in [2.75, 3.05) is 53.0 Å². The average Bonchev–Trinajstić information content (AvgIpc) is 3.89. The number of nitrogens with one attached hydrogen (secondary N) is 1. The van der Waals surface area contributed by atoms with E-state index < -0.39 is 41.8 Å². The van der Waals surface area contributed by atoms with Gasteiger partial charge < -0.3 is 43.6 Å².